The van der Waals surface area contributed by atoms with Gasteiger partial charge in [0.1, 0.15) is 6.10 Å². The van der Waals surface area contributed by atoms with Gasteiger partial charge in [-0.3, -0.25) is 0 Å². The molecular weight excluding hydrogens is 184 g/mol. The molecule has 80 valence electrons. The van der Waals surface area contributed by atoms with Crippen molar-refractivity contribution in [2.45, 2.75) is 20.0 Å². The smallest absolute Gasteiger partial charge is 0.101 e. The summed E-state index contributed by atoms with van der Waals surface area (Å²) >= 11 is 0. The highest BCUT2D eigenvalue weighted by atomic mass is 16.5. The number of ether oxygens (including phenoxy) is 1. The Kier molecular flexibility index (Phi) is 4.85. The zero-order chi connectivity index (χ0) is 11.1. The van der Waals surface area contributed by atoms with Crippen LogP contribution in [-0.4, -0.2) is 6.61 Å². The SMILES string of the molecule is C=CC(OC/C=C/C)c1ccccc1C. The molecule has 1 rings (SSSR count). The molecule has 0 amide bonds. The standard InChI is InChI=1S/C14H18O/c1-4-6-11-15-14(5-2)13-10-8-7-9-12(13)3/h4-10,14H,2,11H2,1,3H3/b6-4+. The maximum Gasteiger partial charge on any atom is 0.101 e. The maximum absolute atomic E-state index is 5.69. The molecule has 0 heterocycles. The Hall–Kier alpha value is -1.34. The lowest BCUT2D eigenvalue weighted by Gasteiger charge is -2.15. The van der Waals surface area contributed by atoms with Crippen molar-refractivity contribution < 1.29 is 4.74 Å². The van der Waals surface area contributed by atoms with Crippen LogP contribution in [0.25, 0.3) is 0 Å². The molecule has 1 aromatic carbocycles. The van der Waals surface area contributed by atoms with Crippen molar-refractivity contribution in [1.29, 1.82) is 0 Å². The van der Waals surface area contributed by atoms with Crippen LogP contribution < -0.4 is 0 Å². The topological polar surface area (TPSA) is 9.23 Å². The van der Waals surface area contributed by atoms with Crippen LogP contribution in [0.3, 0.4) is 0 Å². The summed E-state index contributed by atoms with van der Waals surface area (Å²) in [6.07, 6.45) is 5.81. The zero-order valence-electron chi connectivity index (χ0n) is 9.44. The second-order valence-corrected chi connectivity index (χ2v) is 3.42. The molecule has 0 aliphatic heterocycles. The molecule has 0 spiro atoms. The third-order valence-corrected chi connectivity index (χ3v) is 2.32. The Morgan fingerprint density at radius 2 is 2.13 bits per heavy atom. The van der Waals surface area contributed by atoms with E-state index in [2.05, 4.69) is 25.6 Å². The molecule has 1 atom stereocenters. The summed E-state index contributed by atoms with van der Waals surface area (Å²) < 4.78 is 5.69. The molecule has 0 fully saturated rings. The van der Waals surface area contributed by atoms with Crippen molar-refractivity contribution in [1.82, 2.24) is 0 Å². The van der Waals surface area contributed by atoms with E-state index in [1.165, 1.54) is 11.1 Å². The molecule has 0 aromatic heterocycles. The largest absolute Gasteiger partial charge is 0.365 e. The quantitative estimate of drug-likeness (QED) is 0.660. The first-order valence-corrected chi connectivity index (χ1v) is 5.20. The van der Waals surface area contributed by atoms with Crippen LogP contribution in [0.5, 0.6) is 0 Å². The minimum Gasteiger partial charge on any atom is -0.365 e. The number of aryl methyl sites for hydroxylation is 1. The number of hydrogen-bond donors (Lipinski definition) is 0. The lowest BCUT2D eigenvalue weighted by atomic mass is 10.0. The summed E-state index contributed by atoms with van der Waals surface area (Å²) in [7, 11) is 0. The fourth-order valence-corrected chi connectivity index (χ4v) is 1.45. The van der Waals surface area contributed by atoms with E-state index in [1.807, 2.05) is 37.3 Å². The van der Waals surface area contributed by atoms with E-state index in [4.69, 9.17) is 4.74 Å². The van der Waals surface area contributed by atoms with Gasteiger partial charge in [-0.2, -0.15) is 0 Å². The second kappa shape index (κ2) is 6.20. The average Bonchev–Trinajstić information content (AvgIpc) is 2.26. The molecule has 0 aliphatic rings. The third kappa shape index (κ3) is 3.37. The Balaban J connectivity index is 2.74. The summed E-state index contributed by atoms with van der Waals surface area (Å²) in [6.45, 7) is 8.51. The van der Waals surface area contributed by atoms with Gasteiger partial charge in [0.2, 0.25) is 0 Å². The molecule has 1 nitrogen and oxygen atoms in total. The van der Waals surface area contributed by atoms with Crippen molar-refractivity contribution in [3.05, 3.63) is 60.2 Å². The number of allylic oxidation sites excluding steroid dienone is 1. The monoisotopic (exact) mass is 202 g/mol. The van der Waals surface area contributed by atoms with Gasteiger partial charge in [-0.1, -0.05) is 42.5 Å². The minimum absolute atomic E-state index is 0.0117. The van der Waals surface area contributed by atoms with Gasteiger partial charge in [-0.05, 0) is 25.0 Å². The van der Waals surface area contributed by atoms with E-state index in [0.717, 1.165) is 0 Å². The van der Waals surface area contributed by atoms with Crippen LogP contribution in [-0.2, 0) is 4.74 Å². The van der Waals surface area contributed by atoms with Crippen molar-refractivity contribution in [2.75, 3.05) is 6.61 Å². The molecule has 0 saturated heterocycles. The van der Waals surface area contributed by atoms with Gasteiger partial charge in [0, 0.05) is 0 Å². The number of rotatable bonds is 5. The maximum atomic E-state index is 5.69. The van der Waals surface area contributed by atoms with Crippen LogP contribution in [0.15, 0.2) is 49.1 Å². The van der Waals surface area contributed by atoms with Gasteiger partial charge in [0.15, 0.2) is 0 Å². The second-order valence-electron chi connectivity index (χ2n) is 3.42. The number of hydrogen-bond acceptors (Lipinski definition) is 1. The Morgan fingerprint density at radius 3 is 2.73 bits per heavy atom. The van der Waals surface area contributed by atoms with Crippen LogP contribution in [0, 0.1) is 6.92 Å². The van der Waals surface area contributed by atoms with E-state index < -0.39 is 0 Å². The van der Waals surface area contributed by atoms with Gasteiger partial charge in [-0.25, -0.2) is 0 Å². The lowest BCUT2D eigenvalue weighted by Crippen LogP contribution is -2.03. The highest BCUT2D eigenvalue weighted by Gasteiger charge is 2.08. The molecule has 1 aromatic rings. The minimum atomic E-state index is -0.0117. The van der Waals surface area contributed by atoms with E-state index in [-0.39, 0.29) is 6.10 Å². The summed E-state index contributed by atoms with van der Waals surface area (Å²) in [5.74, 6) is 0. The molecule has 0 N–H and O–H groups in total. The normalized spacial score (nSPS) is 12.9. The van der Waals surface area contributed by atoms with Crippen LogP contribution >= 0.6 is 0 Å². The van der Waals surface area contributed by atoms with Crippen molar-refractivity contribution >= 4 is 0 Å². The predicted octanol–water partition coefficient (Wildman–Crippen LogP) is 3.81. The first kappa shape index (κ1) is 11.7. The fourth-order valence-electron chi connectivity index (χ4n) is 1.45. The summed E-state index contributed by atoms with van der Waals surface area (Å²) in [4.78, 5) is 0. The van der Waals surface area contributed by atoms with Crippen LogP contribution in [0.2, 0.25) is 0 Å². The third-order valence-electron chi connectivity index (χ3n) is 2.32. The molecular formula is C14H18O. The molecule has 0 radical (unpaired) electrons. The highest BCUT2D eigenvalue weighted by molar-refractivity contribution is 5.29. The molecule has 15 heavy (non-hydrogen) atoms. The first-order valence-electron chi connectivity index (χ1n) is 5.20. The Morgan fingerprint density at radius 1 is 1.40 bits per heavy atom. The molecule has 1 unspecified atom stereocenters. The predicted molar refractivity (Wildman–Crippen MR) is 64.9 cm³/mol. The van der Waals surface area contributed by atoms with E-state index in [0.29, 0.717) is 6.61 Å². The van der Waals surface area contributed by atoms with Crippen LogP contribution in [0.4, 0.5) is 0 Å². The zero-order valence-corrected chi connectivity index (χ0v) is 9.44. The number of benzene rings is 1. The summed E-state index contributed by atoms with van der Waals surface area (Å²) in [6, 6.07) is 8.23. The van der Waals surface area contributed by atoms with Gasteiger partial charge in [0.05, 0.1) is 6.61 Å². The van der Waals surface area contributed by atoms with Gasteiger partial charge in [-0.15, -0.1) is 6.58 Å². The van der Waals surface area contributed by atoms with E-state index in [9.17, 15) is 0 Å². The summed E-state index contributed by atoms with van der Waals surface area (Å²) in [5, 5.41) is 0. The Labute approximate surface area is 92.1 Å². The Bertz CT molecular complexity index is 339. The van der Waals surface area contributed by atoms with Crippen LogP contribution in [0.1, 0.15) is 24.2 Å². The first-order chi connectivity index (χ1) is 7.29. The van der Waals surface area contributed by atoms with Gasteiger partial charge in [0.25, 0.3) is 0 Å². The molecule has 0 bridgehead atoms. The van der Waals surface area contributed by atoms with Crippen molar-refractivity contribution in [2.24, 2.45) is 0 Å². The van der Waals surface area contributed by atoms with Crippen molar-refractivity contribution in [3.8, 4) is 0 Å². The molecule has 1 heteroatoms. The molecule has 0 aliphatic carbocycles. The summed E-state index contributed by atoms with van der Waals surface area (Å²) in [5.41, 5.74) is 2.43. The van der Waals surface area contributed by atoms with Crippen molar-refractivity contribution in [3.63, 3.8) is 0 Å². The molecule has 0 saturated carbocycles. The van der Waals surface area contributed by atoms with E-state index >= 15 is 0 Å². The van der Waals surface area contributed by atoms with E-state index in [1.54, 1.807) is 0 Å². The lowest BCUT2D eigenvalue weighted by molar-refractivity contribution is 0.110. The highest BCUT2D eigenvalue weighted by Crippen LogP contribution is 2.21. The average molecular weight is 202 g/mol. The van der Waals surface area contributed by atoms with Gasteiger partial charge < -0.3 is 4.74 Å². The fraction of sp³-hybridized carbons (Fsp3) is 0.286. The van der Waals surface area contributed by atoms with Gasteiger partial charge >= 0.3 is 0 Å².